The van der Waals surface area contributed by atoms with Crippen LogP contribution in [0.4, 0.5) is 11.1 Å². The summed E-state index contributed by atoms with van der Waals surface area (Å²) in [5.41, 5.74) is 2.75. The number of hydrogen-bond acceptors (Lipinski definition) is 6. The second-order valence-corrected chi connectivity index (χ2v) is 4.92. The van der Waals surface area contributed by atoms with Gasteiger partial charge in [0.1, 0.15) is 10.3 Å². The van der Waals surface area contributed by atoms with Crippen LogP contribution in [0.25, 0.3) is 10.3 Å². The number of pyridine rings is 1. The van der Waals surface area contributed by atoms with Crippen LogP contribution in [-0.2, 0) is 0 Å². The molecule has 0 unspecified atom stereocenters. The molecule has 0 spiro atoms. The number of rotatable bonds is 2. The molecule has 3 rings (SSSR count). The molecule has 18 heavy (non-hydrogen) atoms. The quantitative estimate of drug-likeness (QED) is 0.764. The molecule has 6 heteroatoms. The topological polar surface area (TPSA) is 63.6 Å². The van der Waals surface area contributed by atoms with E-state index in [9.17, 15) is 0 Å². The SMILES string of the molecule is Cc1cc(C)nc(Nc2nc3cccnc3s2)n1. The molecule has 90 valence electrons. The van der Waals surface area contributed by atoms with Crippen LogP contribution in [0.2, 0.25) is 0 Å². The molecule has 3 aromatic heterocycles. The first kappa shape index (κ1) is 11.0. The number of nitrogens with zero attached hydrogens (tertiary/aromatic N) is 4. The van der Waals surface area contributed by atoms with Gasteiger partial charge in [0.15, 0.2) is 5.13 Å². The fourth-order valence-corrected chi connectivity index (χ4v) is 2.50. The van der Waals surface area contributed by atoms with Crippen LogP contribution in [0.1, 0.15) is 11.4 Å². The van der Waals surface area contributed by atoms with Crippen molar-refractivity contribution in [3.63, 3.8) is 0 Å². The molecule has 0 aliphatic rings. The van der Waals surface area contributed by atoms with Crippen LogP contribution in [0.3, 0.4) is 0 Å². The van der Waals surface area contributed by atoms with E-state index >= 15 is 0 Å². The highest BCUT2D eigenvalue weighted by Gasteiger charge is 2.06. The van der Waals surface area contributed by atoms with Gasteiger partial charge in [0.2, 0.25) is 5.95 Å². The Hall–Kier alpha value is -2.08. The lowest BCUT2D eigenvalue weighted by Crippen LogP contribution is -1.99. The summed E-state index contributed by atoms with van der Waals surface area (Å²) in [4.78, 5) is 18.2. The summed E-state index contributed by atoms with van der Waals surface area (Å²) in [6.07, 6.45) is 1.76. The van der Waals surface area contributed by atoms with Crippen LogP contribution in [-0.4, -0.2) is 19.9 Å². The van der Waals surface area contributed by atoms with E-state index in [0.717, 1.165) is 26.9 Å². The van der Waals surface area contributed by atoms with Gasteiger partial charge >= 0.3 is 0 Å². The molecule has 0 amide bonds. The fourth-order valence-electron chi connectivity index (χ4n) is 1.70. The maximum absolute atomic E-state index is 4.43. The van der Waals surface area contributed by atoms with Gasteiger partial charge in [-0.1, -0.05) is 11.3 Å². The molecule has 0 bridgehead atoms. The smallest absolute Gasteiger partial charge is 0.229 e. The van der Waals surface area contributed by atoms with Crippen molar-refractivity contribution in [1.82, 2.24) is 19.9 Å². The first-order valence-electron chi connectivity index (χ1n) is 5.51. The molecular formula is C12H11N5S. The van der Waals surface area contributed by atoms with Crippen LogP contribution in [0.5, 0.6) is 0 Å². The predicted octanol–water partition coefficient (Wildman–Crippen LogP) is 2.84. The summed E-state index contributed by atoms with van der Waals surface area (Å²) in [5, 5.41) is 3.88. The Morgan fingerprint density at radius 2 is 1.89 bits per heavy atom. The van der Waals surface area contributed by atoms with E-state index in [1.54, 1.807) is 6.20 Å². The molecule has 1 N–H and O–H groups in total. The van der Waals surface area contributed by atoms with Crippen LogP contribution in [0.15, 0.2) is 24.4 Å². The first-order chi connectivity index (χ1) is 8.70. The lowest BCUT2D eigenvalue weighted by Gasteiger charge is -2.02. The molecule has 0 saturated carbocycles. The zero-order valence-electron chi connectivity index (χ0n) is 10.0. The van der Waals surface area contributed by atoms with Crippen molar-refractivity contribution in [2.24, 2.45) is 0 Å². The Balaban J connectivity index is 1.96. The molecule has 3 heterocycles. The van der Waals surface area contributed by atoms with Gasteiger partial charge in [0.05, 0.1) is 0 Å². The minimum Gasteiger partial charge on any atom is -0.300 e. The van der Waals surface area contributed by atoms with E-state index in [2.05, 4.69) is 25.3 Å². The lowest BCUT2D eigenvalue weighted by molar-refractivity contribution is 1.06. The van der Waals surface area contributed by atoms with Crippen molar-refractivity contribution in [3.05, 3.63) is 35.8 Å². The average molecular weight is 257 g/mol. The van der Waals surface area contributed by atoms with E-state index in [1.807, 2.05) is 32.0 Å². The van der Waals surface area contributed by atoms with Crippen LogP contribution < -0.4 is 5.32 Å². The molecule has 0 aliphatic heterocycles. The highest BCUT2D eigenvalue weighted by molar-refractivity contribution is 7.21. The number of hydrogen-bond donors (Lipinski definition) is 1. The molecule has 3 aromatic rings. The Labute approximate surface area is 108 Å². The highest BCUT2D eigenvalue weighted by atomic mass is 32.1. The standard InChI is InChI=1S/C12H11N5S/c1-7-6-8(2)15-11(14-7)17-12-16-9-4-3-5-13-10(9)18-12/h3-6H,1-2H3,(H,14,15,16,17). The van der Waals surface area contributed by atoms with E-state index in [0.29, 0.717) is 5.95 Å². The number of aryl methyl sites for hydroxylation is 2. The Morgan fingerprint density at radius 1 is 1.11 bits per heavy atom. The van der Waals surface area contributed by atoms with E-state index in [4.69, 9.17) is 0 Å². The maximum atomic E-state index is 4.43. The van der Waals surface area contributed by atoms with Gasteiger partial charge in [-0.25, -0.2) is 19.9 Å². The number of fused-ring (bicyclic) bond motifs is 1. The second-order valence-electron chi connectivity index (χ2n) is 3.95. The Bertz CT molecular complexity index is 653. The van der Waals surface area contributed by atoms with E-state index in [-0.39, 0.29) is 0 Å². The molecule has 0 aromatic carbocycles. The van der Waals surface area contributed by atoms with Gasteiger partial charge in [0, 0.05) is 17.6 Å². The average Bonchev–Trinajstić information content (AvgIpc) is 2.69. The van der Waals surface area contributed by atoms with Crippen LogP contribution >= 0.6 is 11.3 Å². The monoisotopic (exact) mass is 257 g/mol. The number of anilines is 2. The summed E-state index contributed by atoms with van der Waals surface area (Å²) in [6.45, 7) is 3.89. The largest absolute Gasteiger partial charge is 0.300 e. The minimum atomic E-state index is 0.576. The summed E-state index contributed by atoms with van der Waals surface area (Å²) in [5.74, 6) is 0.576. The highest BCUT2D eigenvalue weighted by Crippen LogP contribution is 2.25. The number of aromatic nitrogens is 4. The lowest BCUT2D eigenvalue weighted by atomic mass is 10.4. The third-order valence-electron chi connectivity index (χ3n) is 2.37. The predicted molar refractivity (Wildman–Crippen MR) is 72.2 cm³/mol. The molecule has 0 aliphatic carbocycles. The fraction of sp³-hybridized carbons (Fsp3) is 0.167. The second kappa shape index (κ2) is 4.30. The zero-order valence-corrected chi connectivity index (χ0v) is 10.8. The number of nitrogens with one attached hydrogen (secondary N) is 1. The minimum absolute atomic E-state index is 0.576. The molecule has 0 atom stereocenters. The Morgan fingerprint density at radius 3 is 2.61 bits per heavy atom. The van der Waals surface area contributed by atoms with E-state index < -0.39 is 0 Å². The van der Waals surface area contributed by atoms with Crippen molar-refractivity contribution < 1.29 is 0 Å². The van der Waals surface area contributed by atoms with Crippen molar-refractivity contribution in [1.29, 1.82) is 0 Å². The molecule has 0 saturated heterocycles. The molecular weight excluding hydrogens is 246 g/mol. The molecule has 0 fully saturated rings. The summed E-state index contributed by atoms with van der Waals surface area (Å²) in [7, 11) is 0. The van der Waals surface area contributed by atoms with Gasteiger partial charge in [0.25, 0.3) is 0 Å². The molecule has 5 nitrogen and oxygen atoms in total. The van der Waals surface area contributed by atoms with Gasteiger partial charge in [-0.2, -0.15) is 0 Å². The van der Waals surface area contributed by atoms with Gasteiger partial charge in [-0.15, -0.1) is 0 Å². The third-order valence-corrected chi connectivity index (χ3v) is 3.26. The first-order valence-corrected chi connectivity index (χ1v) is 6.33. The summed E-state index contributed by atoms with van der Waals surface area (Å²) < 4.78 is 0. The van der Waals surface area contributed by atoms with Crippen molar-refractivity contribution in [2.45, 2.75) is 13.8 Å². The summed E-state index contributed by atoms with van der Waals surface area (Å²) in [6, 6.07) is 5.75. The Kier molecular flexibility index (Phi) is 2.64. The van der Waals surface area contributed by atoms with Gasteiger partial charge in [-0.05, 0) is 32.0 Å². The van der Waals surface area contributed by atoms with E-state index in [1.165, 1.54) is 11.3 Å². The van der Waals surface area contributed by atoms with Crippen molar-refractivity contribution in [2.75, 3.05) is 5.32 Å². The van der Waals surface area contributed by atoms with Crippen molar-refractivity contribution in [3.8, 4) is 0 Å². The zero-order chi connectivity index (χ0) is 12.5. The van der Waals surface area contributed by atoms with Gasteiger partial charge in [-0.3, -0.25) is 5.32 Å². The number of thiazole rings is 1. The van der Waals surface area contributed by atoms with Crippen LogP contribution in [0, 0.1) is 13.8 Å². The van der Waals surface area contributed by atoms with Crippen molar-refractivity contribution >= 4 is 32.8 Å². The summed E-state index contributed by atoms with van der Waals surface area (Å²) >= 11 is 1.49. The van der Waals surface area contributed by atoms with Gasteiger partial charge < -0.3 is 0 Å². The third kappa shape index (κ3) is 2.14. The normalized spacial score (nSPS) is 10.8. The molecule has 0 radical (unpaired) electrons. The maximum Gasteiger partial charge on any atom is 0.229 e.